The summed E-state index contributed by atoms with van der Waals surface area (Å²) in [4.78, 5) is 4.88. The van der Waals surface area contributed by atoms with Crippen molar-refractivity contribution >= 4 is 28.7 Å². The number of nitrogens with zero attached hydrogens (tertiary/aromatic N) is 1. The van der Waals surface area contributed by atoms with E-state index < -0.39 is 5.60 Å². The van der Waals surface area contributed by atoms with Gasteiger partial charge in [-0.3, -0.25) is 4.99 Å². The fourth-order valence-corrected chi connectivity index (χ4v) is 8.73. The van der Waals surface area contributed by atoms with Gasteiger partial charge in [0.1, 0.15) is 12.3 Å². The normalized spacial score (nSPS) is 31.3. The number of hydrogen-bond acceptors (Lipinski definition) is 5. The third kappa shape index (κ3) is 4.95. The largest absolute Gasteiger partial charge is 0.454 e. The van der Waals surface area contributed by atoms with Crippen molar-refractivity contribution in [2.75, 3.05) is 18.8 Å². The highest BCUT2D eigenvalue weighted by Crippen LogP contribution is 2.66. The minimum Gasteiger partial charge on any atom is -0.454 e. The maximum absolute atomic E-state index is 11.9. The Labute approximate surface area is 259 Å². The van der Waals surface area contributed by atoms with Crippen molar-refractivity contribution < 1.29 is 14.6 Å². The van der Waals surface area contributed by atoms with Crippen LogP contribution in [0.25, 0.3) is 0 Å². The van der Waals surface area contributed by atoms with Crippen molar-refractivity contribution in [1.29, 1.82) is 0 Å². The molecule has 2 saturated carbocycles. The first-order valence-corrected chi connectivity index (χ1v) is 15.9. The number of fused-ring (bicyclic) bond motifs is 5. The van der Waals surface area contributed by atoms with Gasteiger partial charge < -0.3 is 25.2 Å². The van der Waals surface area contributed by atoms with Crippen LogP contribution in [-0.2, 0) is 0 Å². The first-order valence-electron chi connectivity index (χ1n) is 15.5. The zero-order valence-electron chi connectivity index (χ0n) is 24.9. The van der Waals surface area contributed by atoms with E-state index in [2.05, 4.69) is 47.6 Å². The summed E-state index contributed by atoms with van der Waals surface area (Å²) in [6.07, 6.45) is 9.02. The molecule has 5 aliphatic rings. The quantitative estimate of drug-likeness (QED) is 0.265. The van der Waals surface area contributed by atoms with Crippen molar-refractivity contribution in [3.63, 3.8) is 0 Å². The smallest absolute Gasteiger partial charge is 0.231 e. The van der Waals surface area contributed by atoms with E-state index in [-0.39, 0.29) is 18.1 Å². The molecular weight excluding hydrogens is 554 g/mol. The van der Waals surface area contributed by atoms with Gasteiger partial charge in [-0.05, 0) is 123 Å². The molecule has 1 heterocycles. The third-order valence-corrected chi connectivity index (χ3v) is 10.8. The van der Waals surface area contributed by atoms with Crippen LogP contribution in [0.15, 0.2) is 76.3 Å². The first kappa shape index (κ1) is 28.2. The highest BCUT2D eigenvalue weighted by atomic mass is 32.1. The molecule has 0 amide bonds. The molecule has 0 bridgehead atoms. The molecule has 0 saturated heterocycles. The van der Waals surface area contributed by atoms with Gasteiger partial charge in [0.15, 0.2) is 16.6 Å². The van der Waals surface area contributed by atoms with Gasteiger partial charge in [0, 0.05) is 22.7 Å². The lowest BCUT2D eigenvalue weighted by molar-refractivity contribution is -0.0513. The van der Waals surface area contributed by atoms with E-state index in [1.54, 1.807) is 5.57 Å². The van der Waals surface area contributed by atoms with E-state index in [9.17, 15) is 5.11 Å². The molecule has 0 unspecified atom stereocenters. The van der Waals surface area contributed by atoms with E-state index in [0.29, 0.717) is 23.6 Å². The monoisotopic (exact) mass is 593 g/mol. The Bertz CT molecular complexity index is 1600. The van der Waals surface area contributed by atoms with Crippen molar-refractivity contribution in [1.82, 2.24) is 5.32 Å². The minimum atomic E-state index is -0.956. The van der Waals surface area contributed by atoms with Gasteiger partial charge >= 0.3 is 0 Å². The van der Waals surface area contributed by atoms with Gasteiger partial charge in [-0.25, -0.2) is 0 Å². The molecule has 4 aliphatic carbocycles. The van der Waals surface area contributed by atoms with Crippen LogP contribution < -0.4 is 20.1 Å². The number of hydrogen-bond donors (Lipinski definition) is 3. The topological polar surface area (TPSA) is 75.1 Å². The Morgan fingerprint density at radius 3 is 2.77 bits per heavy atom. The Kier molecular flexibility index (Phi) is 7.31. The molecule has 0 radical (unpaired) electrons. The molecule has 0 spiro atoms. The molecule has 5 atom stereocenters. The SMILES string of the molecule is CC#C[C@]1(O)CC[C@H]2[C@@H]3CCC4=CC(=NCNC(=S)Nc5ccccc5)CCC4=C3[C@@H](c3ccc4c(c3)OCO4)C[C@@]21C. The lowest BCUT2D eigenvalue weighted by Gasteiger charge is -2.53. The second-order valence-corrected chi connectivity index (χ2v) is 13.1. The van der Waals surface area contributed by atoms with E-state index in [1.165, 1.54) is 16.7 Å². The number of benzene rings is 2. The number of nitrogens with one attached hydrogen (secondary N) is 2. The van der Waals surface area contributed by atoms with Gasteiger partial charge in [-0.15, -0.1) is 5.92 Å². The van der Waals surface area contributed by atoms with Crippen LogP contribution in [-0.4, -0.2) is 35.0 Å². The summed E-state index contributed by atoms with van der Waals surface area (Å²) >= 11 is 5.47. The molecule has 7 rings (SSSR count). The second kappa shape index (κ2) is 11.2. The summed E-state index contributed by atoms with van der Waals surface area (Å²) in [6, 6.07) is 16.4. The number of rotatable bonds is 4. The summed E-state index contributed by atoms with van der Waals surface area (Å²) in [5, 5.41) is 19.0. The highest BCUT2D eigenvalue weighted by molar-refractivity contribution is 7.80. The van der Waals surface area contributed by atoms with Gasteiger partial charge in [-0.2, -0.15) is 0 Å². The summed E-state index contributed by atoms with van der Waals surface area (Å²) < 4.78 is 11.5. The Morgan fingerprint density at radius 2 is 1.93 bits per heavy atom. The van der Waals surface area contributed by atoms with Crippen LogP contribution >= 0.6 is 12.2 Å². The molecule has 3 N–H and O–H groups in total. The predicted molar refractivity (Wildman–Crippen MR) is 174 cm³/mol. The van der Waals surface area contributed by atoms with Gasteiger partial charge in [0.05, 0.1) is 0 Å². The first-order chi connectivity index (χ1) is 20.9. The third-order valence-electron chi connectivity index (χ3n) is 10.6. The Balaban J connectivity index is 1.19. The Morgan fingerprint density at radius 1 is 1.09 bits per heavy atom. The van der Waals surface area contributed by atoms with E-state index in [4.69, 9.17) is 26.7 Å². The fraction of sp³-hybridized carbons (Fsp3) is 0.444. The molecular formula is C36H39N3O3S. The van der Waals surface area contributed by atoms with Crippen LogP contribution in [0.1, 0.15) is 70.3 Å². The van der Waals surface area contributed by atoms with Gasteiger partial charge in [0.2, 0.25) is 6.79 Å². The number of allylic oxidation sites excluding steroid dienone is 4. The van der Waals surface area contributed by atoms with E-state index >= 15 is 0 Å². The van der Waals surface area contributed by atoms with Crippen LogP contribution in [0.5, 0.6) is 11.5 Å². The zero-order valence-corrected chi connectivity index (χ0v) is 25.7. The van der Waals surface area contributed by atoms with E-state index in [1.807, 2.05) is 43.3 Å². The summed E-state index contributed by atoms with van der Waals surface area (Å²) in [7, 11) is 0. The van der Waals surface area contributed by atoms with E-state index in [0.717, 1.165) is 67.8 Å². The standard InChI is InChI=1S/C36H39N3O3S/c1-3-16-36(40)17-15-30-28-12-9-23-18-26(37-21-38-34(43)39-25-7-5-4-6-8-25)11-13-27(23)33(28)29(20-35(30,36)2)24-10-14-31-32(19-24)42-22-41-31/h4-8,10,14,18-19,28-30,40H,9,11-13,15,17,20-22H2,1-2H3,(H2,38,39,43)/t28-,29+,30-,35-,36-/m0/s1. The molecule has 2 aromatic rings. The second-order valence-electron chi connectivity index (χ2n) is 12.7. The molecule has 7 heteroatoms. The molecule has 43 heavy (non-hydrogen) atoms. The number of anilines is 1. The van der Waals surface area contributed by atoms with Crippen molar-refractivity contribution in [2.45, 2.75) is 70.3 Å². The number of para-hydroxylation sites is 1. The van der Waals surface area contributed by atoms with Crippen LogP contribution in [0.3, 0.4) is 0 Å². The summed E-state index contributed by atoms with van der Waals surface area (Å²) in [6.45, 7) is 4.87. The molecule has 0 aromatic heterocycles. The molecule has 1 aliphatic heterocycles. The molecule has 222 valence electrons. The number of aliphatic imine (C=N–C) groups is 1. The van der Waals surface area contributed by atoms with Gasteiger partial charge in [0.25, 0.3) is 0 Å². The number of thiocarbonyl (C=S) groups is 1. The van der Waals surface area contributed by atoms with Crippen molar-refractivity contribution in [3.05, 3.63) is 76.9 Å². The molecule has 6 nitrogen and oxygen atoms in total. The summed E-state index contributed by atoms with van der Waals surface area (Å²) in [5.41, 5.74) is 6.64. The number of aliphatic hydroxyl groups is 1. The van der Waals surface area contributed by atoms with Crippen molar-refractivity contribution in [2.24, 2.45) is 22.2 Å². The maximum atomic E-state index is 11.9. The van der Waals surface area contributed by atoms with Crippen LogP contribution in [0.4, 0.5) is 5.69 Å². The fourth-order valence-electron chi connectivity index (χ4n) is 8.55. The van der Waals surface area contributed by atoms with Crippen molar-refractivity contribution in [3.8, 4) is 23.3 Å². The molecule has 2 aromatic carbocycles. The van der Waals surface area contributed by atoms with Gasteiger partial charge in [-0.1, -0.05) is 42.7 Å². The Hall–Kier alpha value is -3.60. The van der Waals surface area contributed by atoms with Crippen LogP contribution in [0.2, 0.25) is 0 Å². The lowest BCUT2D eigenvalue weighted by Crippen LogP contribution is -2.51. The molecule has 2 fully saturated rings. The predicted octanol–water partition coefficient (Wildman–Crippen LogP) is 6.89. The minimum absolute atomic E-state index is 0.198. The summed E-state index contributed by atoms with van der Waals surface area (Å²) in [5.74, 6) is 9.02. The zero-order chi connectivity index (χ0) is 29.6. The lowest BCUT2D eigenvalue weighted by atomic mass is 9.51. The van der Waals surface area contributed by atoms with Crippen LogP contribution in [0, 0.1) is 29.1 Å². The maximum Gasteiger partial charge on any atom is 0.231 e. The average Bonchev–Trinajstić information content (AvgIpc) is 3.58. The number of ether oxygens (including phenoxy) is 2. The average molecular weight is 594 g/mol. The highest BCUT2D eigenvalue weighted by Gasteiger charge is 2.62.